The lowest BCUT2D eigenvalue weighted by Gasteiger charge is -1.99. The monoisotopic (exact) mass is 273 g/mol. The topological polar surface area (TPSA) is 60.2 Å². The molecular formula is C15H15NO2S. The van der Waals surface area contributed by atoms with Crippen molar-refractivity contribution in [2.45, 2.75) is 4.90 Å². The van der Waals surface area contributed by atoms with Crippen LogP contribution in [0.5, 0.6) is 0 Å². The van der Waals surface area contributed by atoms with Gasteiger partial charge in [0.1, 0.15) is 0 Å². The predicted molar refractivity (Wildman–Crippen MR) is 79.3 cm³/mol. The quantitative estimate of drug-likeness (QED) is 0.691. The molecule has 0 aliphatic heterocycles. The molecule has 0 atom stereocenters. The van der Waals surface area contributed by atoms with Gasteiger partial charge in [0.05, 0.1) is 4.90 Å². The highest BCUT2D eigenvalue weighted by Gasteiger charge is 2.04. The highest BCUT2D eigenvalue weighted by atomic mass is 32.2. The number of anilines is 1. The first-order chi connectivity index (χ1) is 8.95. The Hall–Kier alpha value is -2.07. The van der Waals surface area contributed by atoms with Gasteiger partial charge in [0.2, 0.25) is 0 Å². The first kappa shape index (κ1) is 13.4. The Kier molecular flexibility index (Phi) is 3.71. The van der Waals surface area contributed by atoms with E-state index in [-0.39, 0.29) is 0 Å². The molecule has 0 fully saturated rings. The molecule has 0 heterocycles. The van der Waals surface area contributed by atoms with Gasteiger partial charge in [-0.3, -0.25) is 0 Å². The first-order valence-electron chi connectivity index (χ1n) is 5.79. The third-order valence-corrected chi connectivity index (χ3v) is 3.84. The van der Waals surface area contributed by atoms with E-state index in [9.17, 15) is 8.42 Å². The molecule has 0 radical (unpaired) electrons. The average molecular weight is 273 g/mol. The van der Waals surface area contributed by atoms with Crippen molar-refractivity contribution in [2.75, 3.05) is 12.0 Å². The molecule has 0 spiro atoms. The molecule has 0 saturated heterocycles. The van der Waals surface area contributed by atoms with Gasteiger partial charge < -0.3 is 5.73 Å². The van der Waals surface area contributed by atoms with Gasteiger partial charge in [-0.05, 0) is 35.4 Å². The van der Waals surface area contributed by atoms with Crippen LogP contribution < -0.4 is 5.73 Å². The van der Waals surface area contributed by atoms with Crippen molar-refractivity contribution < 1.29 is 8.42 Å². The van der Waals surface area contributed by atoms with Crippen molar-refractivity contribution in [3.8, 4) is 0 Å². The lowest BCUT2D eigenvalue weighted by Crippen LogP contribution is -1.95. The molecule has 3 nitrogen and oxygen atoms in total. The van der Waals surface area contributed by atoms with Crippen LogP contribution in [0.15, 0.2) is 53.4 Å². The number of nitrogen functional groups attached to an aromatic ring is 1. The summed E-state index contributed by atoms with van der Waals surface area (Å²) in [6.07, 6.45) is 5.08. The number of sulfone groups is 1. The number of nitrogens with two attached hydrogens (primary N) is 1. The van der Waals surface area contributed by atoms with Crippen LogP contribution in [0.2, 0.25) is 0 Å². The fourth-order valence-corrected chi connectivity index (χ4v) is 2.26. The average Bonchev–Trinajstić information content (AvgIpc) is 2.37. The van der Waals surface area contributed by atoms with Gasteiger partial charge in [-0.15, -0.1) is 0 Å². The van der Waals surface area contributed by atoms with Crippen molar-refractivity contribution in [1.82, 2.24) is 0 Å². The summed E-state index contributed by atoms with van der Waals surface area (Å²) in [6.45, 7) is 0. The Morgan fingerprint density at radius 1 is 0.842 bits per heavy atom. The normalized spacial score (nSPS) is 11.8. The molecule has 2 aromatic rings. The van der Waals surface area contributed by atoms with Crippen LogP contribution >= 0.6 is 0 Å². The first-order valence-corrected chi connectivity index (χ1v) is 7.68. The number of benzene rings is 2. The molecule has 0 bridgehead atoms. The standard InChI is InChI=1S/C15H15NO2S/c1-19(17,18)15-10-6-13(7-11-15)3-2-12-4-8-14(16)9-5-12/h2-11H,16H2,1H3/b3-2+. The minimum atomic E-state index is -3.13. The number of rotatable bonds is 3. The second kappa shape index (κ2) is 5.28. The molecule has 0 aromatic heterocycles. The highest BCUT2D eigenvalue weighted by molar-refractivity contribution is 7.90. The summed E-state index contributed by atoms with van der Waals surface area (Å²) in [4.78, 5) is 0.331. The summed E-state index contributed by atoms with van der Waals surface area (Å²) in [5, 5.41) is 0. The Balaban J connectivity index is 2.18. The summed E-state index contributed by atoms with van der Waals surface area (Å²) < 4.78 is 22.7. The van der Waals surface area contributed by atoms with Crippen LogP contribution in [0.1, 0.15) is 11.1 Å². The van der Waals surface area contributed by atoms with Gasteiger partial charge in [0.15, 0.2) is 9.84 Å². The zero-order valence-electron chi connectivity index (χ0n) is 10.6. The van der Waals surface area contributed by atoms with E-state index in [0.29, 0.717) is 4.90 Å². The van der Waals surface area contributed by atoms with Crippen molar-refractivity contribution in [1.29, 1.82) is 0 Å². The Morgan fingerprint density at radius 2 is 1.26 bits per heavy atom. The lowest BCUT2D eigenvalue weighted by atomic mass is 10.1. The second-order valence-electron chi connectivity index (χ2n) is 4.34. The summed E-state index contributed by atoms with van der Waals surface area (Å²) >= 11 is 0. The molecular weight excluding hydrogens is 258 g/mol. The van der Waals surface area contributed by atoms with E-state index >= 15 is 0 Å². The van der Waals surface area contributed by atoms with E-state index in [4.69, 9.17) is 5.73 Å². The summed E-state index contributed by atoms with van der Waals surface area (Å²) in [5.74, 6) is 0. The summed E-state index contributed by atoms with van der Waals surface area (Å²) in [7, 11) is -3.13. The minimum Gasteiger partial charge on any atom is -0.399 e. The van der Waals surface area contributed by atoms with Gasteiger partial charge in [-0.25, -0.2) is 8.42 Å². The third-order valence-electron chi connectivity index (χ3n) is 2.71. The summed E-state index contributed by atoms with van der Waals surface area (Å²) in [6, 6.07) is 14.3. The predicted octanol–water partition coefficient (Wildman–Crippen LogP) is 2.84. The van der Waals surface area contributed by atoms with Crippen LogP contribution in [0.4, 0.5) is 5.69 Å². The lowest BCUT2D eigenvalue weighted by molar-refractivity contribution is 0.602. The molecule has 2 N–H and O–H groups in total. The number of hydrogen-bond donors (Lipinski definition) is 1. The second-order valence-corrected chi connectivity index (χ2v) is 6.36. The van der Waals surface area contributed by atoms with Crippen LogP contribution in [0.25, 0.3) is 12.2 Å². The number of hydrogen-bond acceptors (Lipinski definition) is 3. The molecule has 19 heavy (non-hydrogen) atoms. The fourth-order valence-electron chi connectivity index (χ4n) is 1.63. The SMILES string of the molecule is CS(=O)(=O)c1ccc(/C=C/c2ccc(N)cc2)cc1. The van der Waals surface area contributed by atoms with Crippen molar-refractivity contribution in [2.24, 2.45) is 0 Å². The molecule has 98 valence electrons. The Bertz CT molecular complexity index is 684. The van der Waals surface area contributed by atoms with Crippen molar-refractivity contribution >= 4 is 27.7 Å². The van der Waals surface area contributed by atoms with E-state index in [0.717, 1.165) is 16.8 Å². The van der Waals surface area contributed by atoms with Crippen LogP contribution in [-0.4, -0.2) is 14.7 Å². The molecule has 0 saturated carbocycles. The van der Waals surface area contributed by atoms with Gasteiger partial charge in [0, 0.05) is 11.9 Å². The molecule has 0 unspecified atom stereocenters. The smallest absolute Gasteiger partial charge is 0.175 e. The fraction of sp³-hybridized carbons (Fsp3) is 0.0667. The Labute approximate surface area is 113 Å². The van der Waals surface area contributed by atoms with E-state index in [1.807, 2.05) is 36.4 Å². The molecule has 2 rings (SSSR count). The van der Waals surface area contributed by atoms with Crippen LogP contribution in [-0.2, 0) is 9.84 Å². The third kappa shape index (κ3) is 3.69. The maximum absolute atomic E-state index is 11.3. The zero-order chi connectivity index (χ0) is 13.9. The molecule has 0 amide bonds. The van der Waals surface area contributed by atoms with Crippen LogP contribution in [0, 0.1) is 0 Å². The largest absolute Gasteiger partial charge is 0.399 e. The van der Waals surface area contributed by atoms with E-state index < -0.39 is 9.84 Å². The van der Waals surface area contributed by atoms with E-state index in [1.54, 1.807) is 24.3 Å². The highest BCUT2D eigenvalue weighted by Crippen LogP contribution is 2.13. The van der Waals surface area contributed by atoms with Crippen molar-refractivity contribution in [3.05, 3.63) is 59.7 Å². The van der Waals surface area contributed by atoms with Gasteiger partial charge >= 0.3 is 0 Å². The van der Waals surface area contributed by atoms with E-state index in [2.05, 4.69) is 0 Å². The summed E-state index contributed by atoms with van der Waals surface area (Å²) in [5.41, 5.74) is 8.33. The van der Waals surface area contributed by atoms with Gasteiger partial charge in [0.25, 0.3) is 0 Å². The zero-order valence-corrected chi connectivity index (χ0v) is 11.4. The van der Waals surface area contributed by atoms with Crippen LogP contribution in [0.3, 0.4) is 0 Å². The molecule has 0 aliphatic rings. The Morgan fingerprint density at radius 3 is 1.68 bits per heavy atom. The van der Waals surface area contributed by atoms with E-state index in [1.165, 1.54) is 6.26 Å². The maximum Gasteiger partial charge on any atom is 0.175 e. The molecule has 0 aliphatic carbocycles. The maximum atomic E-state index is 11.3. The molecule has 2 aromatic carbocycles. The molecule has 4 heteroatoms. The minimum absolute atomic E-state index is 0.331. The van der Waals surface area contributed by atoms with Crippen molar-refractivity contribution in [3.63, 3.8) is 0 Å². The van der Waals surface area contributed by atoms with Gasteiger partial charge in [-0.2, -0.15) is 0 Å². The van der Waals surface area contributed by atoms with Gasteiger partial charge in [-0.1, -0.05) is 36.4 Å².